The van der Waals surface area contributed by atoms with Crippen molar-refractivity contribution < 1.29 is 14.7 Å². The minimum Gasteiger partial charge on any atom is -0.480 e. The predicted molar refractivity (Wildman–Crippen MR) is 75.3 cm³/mol. The summed E-state index contributed by atoms with van der Waals surface area (Å²) in [5.41, 5.74) is 0. The Hall–Kier alpha value is -1.30. The number of urea groups is 1. The summed E-state index contributed by atoms with van der Waals surface area (Å²) < 4.78 is 0. The molecule has 0 rings (SSSR count). The molecule has 0 aromatic carbocycles. The smallest absolute Gasteiger partial charge is 0.326 e. The van der Waals surface area contributed by atoms with E-state index in [9.17, 15) is 9.59 Å². The summed E-state index contributed by atoms with van der Waals surface area (Å²) in [5.74, 6) is -0.979. The number of amides is 2. The van der Waals surface area contributed by atoms with E-state index in [4.69, 9.17) is 5.11 Å². The van der Waals surface area contributed by atoms with Gasteiger partial charge in [-0.05, 0) is 19.5 Å². The second-order valence-electron chi connectivity index (χ2n) is 4.46. The summed E-state index contributed by atoms with van der Waals surface area (Å²) in [6.45, 7) is 9.29. The number of nitrogens with one attached hydrogen (secondary N) is 2. The van der Waals surface area contributed by atoms with Crippen molar-refractivity contribution in [2.24, 2.45) is 0 Å². The lowest BCUT2D eigenvalue weighted by atomic mass is 10.1. The fourth-order valence-corrected chi connectivity index (χ4v) is 1.74. The Morgan fingerprint density at radius 3 is 2.32 bits per heavy atom. The molecule has 6 heteroatoms. The van der Waals surface area contributed by atoms with Gasteiger partial charge in [-0.15, -0.1) is 0 Å². The fourth-order valence-electron chi connectivity index (χ4n) is 1.74. The van der Waals surface area contributed by atoms with Crippen LogP contribution in [0.4, 0.5) is 4.79 Å². The molecule has 0 bridgehead atoms. The minimum absolute atomic E-state index is 0.407. The predicted octanol–water partition coefficient (Wildman–Crippen LogP) is 1.27. The number of carboxylic acid groups (broad SMARTS) is 1. The van der Waals surface area contributed by atoms with Gasteiger partial charge in [-0.2, -0.15) is 0 Å². The Morgan fingerprint density at radius 2 is 1.84 bits per heavy atom. The van der Waals surface area contributed by atoms with E-state index in [1.54, 1.807) is 0 Å². The number of aliphatic carboxylic acids is 1. The van der Waals surface area contributed by atoms with Crippen LogP contribution < -0.4 is 10.6 Å². The Morgan fingerprint density at radius 1 is 1.21 bits per heavy atom. The number of hydrogen-bond donors (Lipinski definition) is 3. The third-order valence-electron chi connectivity index (χ3n) is 3.06. The first kappa shape index (κ1) is 17.7. The molecule has 0 radical (unpaired) electrons. The Labute approximate surface area is 115 Å². The van der Waals surface area contributed by atoms with Crippen LogP contribution in [0.3, 0.4) is 0 Å². The second-order valence-corrected chi connectivity index (χ2v) is 4.46. The van der Waals surface area contributed by atoms with Crippen LogP contribution in [0, 0.1) is 0 Å². The van der Waals surface area contributed by atoms with Crippen molar-refractivity contribution in [3.05, 3.63) is 0 Å². The van der Waals surface area contributed by atoms with E-state index in [2.05, 4.69) is 29.4 Å². The van der Waals surface area contributed by atoms with Gasteiger partial charge in [0.15, 0.2) is 0 Å². The van der Waals surface area contributed by atoms with Crippen LogP contribution in [0.1, 0.15) is 40.0 Å². The summed E-state index contributed by atoms with van der Waals surface area (Å²) in [7, 11) is 0. The van der Waals surface area contributed by atoms with Gasteiger partial charge < -0.3 is 20.6 Å². The van der Waals surface area contributed by atoms with Crippen molar-refractivity contribution in [1.29, 1.82) is 0 Å². The Kier molecular flexibility index (Phi) is 9.88. The number of carboxylic acids is 1. The zero-order chi connectivity index (χ0) is 14.7. The van der Waals surface area contributed by atoms with E-state index in [0.29, 0.717) is 13.0 Å². The summed E-state index contributed by atoms with van der Waals surface area (Å²) >= 11 is 0. The first-order valence-electron chi connectivity index (χ1n) is 7.04. The van der Waals surface area contributed by atoms with Gasteiger partial charge >= 0.3 is 12.0 Å². The monoisotopic (exact) mass is 273 g/mol. The molecule has 0 aromatic heterocycles. The number of hydrogen-bond acceptors (Lipinski definition) is 3. The van der Waals surface area contributed by atoms with Gasteiger partial charge in [0, 0.05) is 13.1 Å². The van der Waals surface area contributed by atoms with Gasteiger partial charge in [0.25, 0.3) is 0 Å². The SMILES string of the molecule is CCCC[C@H](NC(=O)NCCN(CC)CC)C(=O)O. The Balaban J connectivity index is 3.95. The van der Waals surface area contributed by atoms with Crippen LogP contribution in [0.25, 0.3) is 0 Å². The quantitative estimate of drug-likeness (QED) is 0.560. The molecule has 0 saturated heterocycles. The molecule has 0 fully saturated rings. The van der Waals surface area contributed by atoms with Crippen LogP contribution in [-0.2, 0) is 4.79 Å². The summed E-state index contributed by atoms with van der Waals surface area (Å²) in [6.07, 6.45) is 2.17. The zero-order valence-electron chi connectivity index (χ0n) is 12.2. The lowest BCUT2D eigenvalue weighted by Crippen LogP contribution is -2.47. The molecule has 0 aliphatic heterocycles. The average Bonchev–Trinajstić information content (AvgIpc) is 2.39. The largest absolute Gasteiger partial charge is 0.480 e. The average molecular weight is 273 g/mol. The molecule has 0 aromatic rings. The molecular weight excluding hydrogens is 246 g/mol. The number of nitrogens with zero attached hydrogens (tertiary/aromatic N) is 1. The van der Waals surface area contributed by atoms with Crippen molar-refractivity contribution in [3.8, 4) is 0 Å². The molecule has 112 valence electrons. The highest BCUT2D eigenvalue weighted by Crippen LogP contribution is 2.00. The maximum absolute atomic E-state index is 11.6. The van der Waals surface area contributed by atoms with Crippen LogP contribution in [0.5, 0.6) is 0 Å². The van der Waals surface area contributed by atoms with Gasteiger partial charge in [0.05, 0.1) is 0 Å². The molecule has 0 aliphatic rings. The highest BCUT2D eigenvalue weighted by Gasteiger charge is 2.18. The van der Waals surface area contributed by atoms with E-state index in [-0.39, 0.29) is 0 Å². The summed E-state index contributed by atoms with van der Waals surface area (Å²) in [5, 5.41) is 14.2. The number of rotatable bonds is 10. The molecule has 0 heterocycles. The van der Waals surface area contributed by atoms with Gasteiger partial charge in [-0.3, -0.25) is 0 Å². The molecule has 19 heavy (non-hydrogen) atoms. The van der Waals surface area contributed by atoms with Crippen LogP contribution in [-0.4, -0.2) is 54.2 Å². The lowest BCUT2D eigenvalue weighted by Gasteiger charge is -2.19. The summed E-state index contributed by atoms with van der Waals surface area (Å²) in [4.78, 5) is 24.7. The third-order valence-corrected chi connectivity index (χ3v) is 3.06. The topological polar surface area (TPSA) is 81.7 Å². The van der Waals surface area contributed by atoms with E-state index in [1.807, 2.05) is 6.92 Å². The molecule has 0 aliphatic carbocycles. The number of likely N-dealkylation sites (N-methyl/N-ethyl adjacent to an activating group) is 1. The number of carbonyl (C=O) groups excluding carboxylic acids is 1. The van der Waals surface area contributed by atoms with Crippen molar-refractivity contribution in [1.82, 2.24) is 15.5 Å². The maximum atomic E-state index is 11.6. The lowest BCUT2D eigenvalue weighted by molar-refractivity contribution is -0.139. The first-order chi connectivity index (χ1) is 9.04. The second kappa shape index (κ2) is 10.6. The molecular formula is C13H27N3O3. The molecule has 3 N–H and O–H groups in total. The van der Waals surface area contributed by atoms with E-state index >= 15 is 0 Å². The molecule has 0 saturated carbocycles. The van der Waals surface area contributed by atoms with E-state index in [1.165, 1.54) is 0 Å². The van der Waals surface area contributed by atoms with Crippen molar-refractivity contribution >= 4 is 12.0 Å². The van der Waals surface area contributed by atoms with Crippen molar-refractivity contribution in [2.45, 2.75) is 46.1 Å². The fraction of sp³-hybridized carbons (Fsp3) is 0.846. The van der Waals surface area contributed by atoms with Gasteiger partial charge in [-0.25, -0.2) is 9.59 Å². The van der Waals surface area contributed by atoms with Crippen molar-refractivity contribution in [3.63, 3.8) is 0 Å². The minimum atomic E-state index is -0.979. The first-order valence-corrected chi connectivity index (χ1v) is 7.04. The standard InChI is InChI=1S/C13H27N3O3/c1-4-7-8-11(12(17)18)15-13(19)14-9-10-16(5-2)6-3/h11H,4-10H2,1-3H3,(H,17,18)(H2,14,15,19)/t11-/m0/s1. The number of carbonyl (C=O) groups is 2. The molecule has 6 nitrogen and oxygen atoms in total. The molecule has 2 amide bonds. The highest BCUT2D eigenvalue weighted by molar-refractivity contribution is 5.82. The maximum Gasteiger partial charge on any atom is 0.326 e. The summed E-state index contributed by atoms with van der Waals surface area (Å²) in [6, 6.07) is -1.20. The molecule has 0 unspecified atom stereocenters. The molecule has 1 atom stereocenters. The van der Waals surface area contributed by atoms with E-state index < -0.39 is 18.0 Å². The zero-order valence-corrected chi connectivity index (χ0v) is 12.2. The third kappa shape index (κ3) is 8.42. The van der Waals surface area contributed by atoms with Gasteiger partial charge in [0.1, 0.15) is 6.04 Å². The van der Waals surface area contributed by atoms with Gasteiger partial charge in [-0.1, -0.05) is 33.6 Å². The van der Waals surface area contributed by atoms with Crippen LogP contribution >= 0.6 is 0 Å². The normalized spacial score (nSPS) is 12.2. The van der Waals surface area contributed by atoms with Crippen LogP contribution in [0.15, 0.2) is 0 Å². The number of unbranched alkanes of at least 4 members (excludes halogenated alkanes) is 1. The van der Waals surface area contributed by atoms with Crippen LogP contribution in [0.2, 0.25) is 0 Å². The molecule has 0 spiro atoms. The van der Waals surface area contributed by atoms with Crippen molar-refractivity contribution in [2.75, 3.05) is 26.2 Å². The highest BCUT2D eigenvalue weighted by atomic mass is 16.4. The van der Waals surface area contributed by atoms with Gasteiger partial charge in [0.2, 0.25) is 0 Å². The van der Waals surface area contributed by atoms with E-state index in [0.717, 1.165) is 32.5 Å². The Bertz CT molecular complexity index is 268.